The lowest BCUT2D eigenvalue weighted by Crippen LogP contribution is -1.92. The first-order valence-corrected chi connectivity index (χ1v) is 4.43. The Bertz CT molecular complexity index is 509. The Morgan fingerprint density at radius 1 is 1.60 bits per heavy atom. The second kappa shape index (κ2) is 3.53. The van der Waals surface area contributed by atoms with Crippen LogP contribution in [0.3, 0.4) is 0 Å². The van der Waals surface area contributed by atoms with E-state index in [0.29, 0.717) is 5.69 Å². The molecule has 2 heterocycles. The lowest BCUT2D eigenvalue weighted by atomic mass is 10.4. The minimum Gasteiger partial charge on any atom is -0.306 e. The zero-order valence-corrected chi connectivity index (χ0v) is 8.12. The predicted molar refractivity (Wildman–Crippen MR) is 55.8 cm³/mol. The lowest BCUT2D eigenvalue weighted by molar-refractivity contribution is -0.422. The molecule has 0 aliphatic rings. The third-order valence-corrected chi connectivity index (χ3v) is 2.03. The Morgan fingerprint density at radius 3 is 3.07 bits per heavy atom. The summed E-state index contributed by atoms with van der Waals surface area (Å²) < 4.78 is 1.82. The van der Waals surface area contributed by atoms with Crippen LogP contribution in [0.5, 0.6) is 0 Å². The van der Waals surface area contributed by atoms with E-state index in [1.54, 1.807) is 6.20 Å². The number of aromatic nitrogens is 2. The second-order valence-electron chi connectivity index (χ2n) is 3.17. The molecule has 5 nitrogen and oxygen atoms in total. The smallest absolute Gasteiger partial charge is 0.245 e. The molecule has 0 atom stereocenters. The molecular formula is C10H9N3O2. The molecule has 0 bridgehead atoms. The molecule has 0 aliphatic carbocycles. The fraction of sp³-hybridized carbons (Fsp3) is 0.100. The number of nitrogens with zero attached hydrogens (tertiary/aromatic N) is 3. The third-order valence-electron chi connectivity index (χ3n) is 2.03. The van der Waals surface area contributed by atoms with Gasteiger partial charge >= 0.3 is 0 Å². The molecule has 0 radical (unpaired) electrons. The van der Waals surface area contributed by atoms with Gasteiger partial charge in [-0.25, -0.2) is 4.98 Å². The molecule has 0 spiro atoms. The largest absolute Gasteiger partial charge is 0.306 e. The highest BCUT2D eigenvalue weighted by atomic mass is 16.6. The van der Waals surface area contributed by atoms with Crippen LogP contribution in [0.2, 0.25) is 0 Å². The van der Waals surface area contributed by atoms with Gasteiger partial charge in [-0.3, -0.25) is 10.1 Å². The number of allylic oxidation sites excluding steroid dienone is 1. The summed E-state index contributed by atoms with van der Waals surface area (Å²) in [5.41, 5.74) is 1.45. The van der Waals surface area contributed by atoms with E-state index in [1.807, 2.05) is 28.8 Å². The van der Waals surface area contributed by atoms with Crippen LogP contribution in [0.4, 0.5) is 0 Å². The SMILES string of the molecule is CC(=Cc1cn2ccccc2n1)[N+](=O)[O-]. The van der Waals surface area contributed by atoms with E-state index in [9.17, 15) is 10.1 Å². The van der Waals surface area contributed by atoms with E-state index in [1.165, 1.54) is 13.0 Å². The van der Waals surface area contributed by atoms with E-state index in [0.717, 1.165) is 5.65 Å². The van der Waals surface area contributed by atoms with Crippen molar-refractivity contribution in [2.75, 3.05) is 0 Å². The summed E-state index contributed by atoms with van der Waals surface area (Å²) in [6, 6.07) is 5.59. The van der Waals surface area contributed by atoms with Crippen LogP contribution < -0.4 is 0 Å². The number of fused-ring (bicyclic) bond motifs is 1. The van der Waals surface area contributed by atoms with Gasteiger partial charge in [0.1, 0.15) is 5.65 Å². The van der Waals surface area contributed by atoms with Crippen LogP contribution in [-0.4, -0.2) is 14.3 Å². The molecule has 5 heteroatoms. The number of nitro groups is 1. The van der Waals surface area contributed by atoms with Crippen molar-refractivity contribution in [1.82, 2.24) is 9.38 Å². The number of imidazole rings is 1. The fourth-order valence-corrected chi connectivity index (χ4v) is 1.29. The molecule has 0 N–H and O–H groups in total. The summed E-state index contributed by atoms with van der Waals surface area (Å²) in [4.78, 5) is 14.2. The molecule has 0 amide bonds. The van der Waals surface area contributed by atoms with Crippen molar-refractivity contribution in [2.45, 2.75) is 6.92 Å². The monoisotopic (exact) mass is 203 g/mol. The van der Waals surface area contributed by atoms with Gasteiger partial charge < -0.3 is 4.40 Å². The van der Waals surface area contributed by atoms with Crippen molar-refractivity contribution in [3.05, 3.63) is 52.1 Å². The fourth-order valence-electron chi connectivity index (χ4n) is 1.29. The molecule has 2 aromatic heterocycles. The Kier molecular flexibility index (Phi) is 2.21. The van der Waals surface area contributed by atoms with Gasteiger partial charge in [0, 0.05) is 25.4 Å². The number of hydrogen-bond acceptors (Lipinski definition) is 3. The predicted octanol–water partition coefficient (Wildman–Crippen LogP) is 1.97. The first-order chi connectivity index (χ1) is 7.16. The molecule has 15 heavy (non-hydrogen) atoms. The molecule has 0 fully saturated rings. The topological polar surface area (TPSA) is 60.4 Å². The van der Waals surface area contributed by atoms with Gasteiger partial charge in [0.2, 0.25) is 5.70 Å². The van der Waals surface area contributed by atoms with Gasteiger partial charge in [-0.05, 0) is 12.1 Å². The maximum Gasteiger partial charge on any atom is 0.245 e. The Labute approximate surface area is 85.8 Å². The van der Waals surface area contributed by atoms with E-state index in [4.69, 9.17) is 0 Å². The maximum absolute atomic E-state index is 10.4. The average Bonchev–Trinajstić information content (AvgIpc) is 2.59. The number of hydrogen-bond donors (Lipinski definition) is 0. The van der Waals surface area contributed by atoms with E-state index < -0.39 is 4.92 Å². The Morgan fingerprint density at radius 2 is 2.40 bits per heavy atom. The van der Waals surface area contributed by atoms with Gasteiger partial charge in [-0.2, -0.15) is 0 Å². The molecule has 2 aromatic rings. The highest BCUT2D eigenvalue weighted by Crippen LogP contribution is 2.08. The summed E-state index contributed by atoms with van der Waals surface area (Å²) in [7, 11) is 0. The summed E-state index contributed by atoms with van der Waals surface area (Å²) in [5.74, 6) is 0. The standard InChI is InChI=1S/C10H9N3O2/c1-8(13(14)15)6-9-7-12-5-3-2-4-10(12)11-9/h2-7H,1H3. The second-order valence-corrected chi connectivity index (χ2v) is 3.17. The van der Waals surface area contributed by atoms with Gasteiger partial charge in [-0.15, -0.1) is 0 Å². The van der Waals surface area contributed by atoms with E-state index >= 15 is 0 Å². The first kappa shape index (κ1) is 9.39. The van der Waals surface area contributed by atoms with Crippen LogP contribution in [0.25, 0.3) is 11.7 Å². The minimum atomic E-state index is -0.427. The molecule has 0 aliphatic heterocycles. The quantitative estimate of drug-likeness (QED) is 0.553. The number of rotatable bonds is 2. The van der Waals surface area contributed by atoms with Crippen LogP contribution in [0.1, 0.15) is 12.6 Å². The maximum atomic E-state index is 10.4. The zero-order chi connectivity index (χ0) is 10.8. The molecule has 0 aromatic carbocycles. The highest BCUT2D eigenvalue weighted by Gasteiger charge is 2.04. The molecule has 0 saturated carbocycles. The molecule has 2 rings (SSSR count). The average molecular weight is 203 g/mol. The van der Waals surface area contributed by atoms with Crippen molar-refractivity contribution in [2.24, 2.45) is 0 Å². The highest BCUT2D eigenvalue weighted by molar-refractivity contribution is 5.52. The van der Waals surface area contributed by atoms with Gasteiger partial charge in [0.05, 0.1) is 10.6 Å². The van der Waals surface area contributed by atoms with Crippen LogP contribution in [-0.2, 0) is 0 Å². The van der Waals surface area contributed by atoms with Crippen LogP contribution in [0, 0.1) is 10.1 Å². The molecular weight excluding hydrogens is 194 g/mol. The van der Waals surface area contributed by atoms with Gasteiger partial charge in [0.25, 0.3) is 0 Å². The van der Waals surface area contributed by atoms with E-state index in [2.05, 4.69) is 4.98 Å². The van der Waals surface area contributed by atoms with Crippen molar-refractivity contribution in [3.63, 3.8) is 0 Å². The van der Waals surface area contributed by atoms with Gasteiger partial charge in [-0.1, -0.05) is 6.07 Å². The van der Waals surface area contributed by atoms with Crippen molar-refractivity contribution >= 4 is 11.7 Å². The zero-order valence-electron chi connectivity index (χ0n) is 8.12. The first-order valence-electron chi connectivity index (χ1n) is 4.43. The summed E-state index contributed by atoms with van der Waals surface area (Å²) in [5, 5.41) is 10.4. The van der Waals surface area contributed by atoms with Gasteiger partial charge in [0.15, 0.2) is 0 Å². The molecule has 0 saturated heterocycles. The lowest BCUT2D eigenvalue weighted by Gasteiger charge is -1.86. The molecule has 76 valence electrons. The minimum absolute atomic E-state index is 0.0819. The van der Waals surface area contributed by atoms with Crippen molar-refractivity contribution in [3.8, 4) is 0 Å². The number of pyridine rings is 1. The summed E-state index contributed by atoms with van der Waals surface area (Å²) >= 11 is 0. The summed E-state index contributed by atoms with van der Waals surface area (Å²) in [6.45, 7) is 1.45. The summed E-state index contributed by atoms with van der Waals surface area (Å²) in [6.07, 6.45) is 5.05. The van der Waals surface area contributed by atoms with E-state index in [-0.39, 0.29) is 5.70 Å². The normalized spacial score (nSPS) is 11.9. The van der Waals surface area contributed by atoms with Crippen molar-refractivity contribution < 1.29 is 4.92 Å². The molecule has 0 unspecified atom stereocenters. The third kappa shape index (κ3) is 1.85. The Balaban J connectivity index is 2.46. The van der Waals surface area contributed by atoms with Crippen molar-refractivity contribution in [1.29, 1.82) is 0 Å². The van der Waals surface area contributed by atoms with Crippen LogP contribution in [0.15, 0.2) is 36.3 Å². The van der Waals surface area contributed by atoms with Crippen LogP contribution >= 0.6 is 0 Å². The Hall–Kier alpha value is -2.17.